The highest BCUT2D eigenvalue weighted by molar-refractivity contribution is 14.1. The molecular weight excluding hydrogens is 282 g/mol. The van der Waals surface area contributed by atoms with Crippen LogP contribution in [0, 0.1) is 0 Å². The van der Waals surface area contributed by atoms with Gasteiger partial charge in [-0.2, -0.15) is 22.0 Å². The Morgan fingerprint density at radius 3 is 1.91 bits per heavy atom. The Kier molecular flexibility index (Phi) is 4.27. The molecule has 0 nitrogen and oxygen atoms in total. The minimum Gasteiger partial charge on any atom is -0.199 e. The Morgan fingerprint density at radius 1 is 1.18 bits per heavy atom. The molecule has 0 fully saturated rings. The van der Waals surface area contributed by atoms with Crippen molar-refractivity contribution in [1.29, 1.82) is 0 Å². The van der Waals surface area contributed by atoms with Crippen molar-refractivity contribution in [1.82, 2.24) is 0 Å². The van der Waals surface area contributed by atoms with E-state index in [0.717, 1.165) is 0 Å². The number of halogens is 6. The first-order valence-electron chi connectivity index (χ1n) is 2.57. The van der Waals surface area contributed by atoms with Crippen molar-refractivity contribution in [3.8, 4) is 0 Å². The predicted octanol–water partition coefficient (Wildman–Crippen LogP) is 3.52. The summed E-state index contributed by atoms with van der Waals surface area (Å²) in [6.07, 6.45) is -3.85. The van der Waals surface area contributed by atoms with Crippen LogP contribution in [-0.4, -0.2) is 10.4 Å². The molecule has 0 heterocycles. The summed E-state index contributed by atoms with van der Waals surface area (Å²) in [5.41, 5.74) is 0. The predicted molar refractivity (Wildman–Crippen MR) is 38.8 cm³/mol. The Bertz CT molecular complexity index is 160. The lowest BCUT2D eigenvalue weighted by Crippen LogP contribution is -2.17. The third-order valence-electron chi connectivity index (χ3n) is 0.896. The molecule has 0 amide bonds. The van der Waals surface area contributed by atoms with Gasteiger partial charge in [0, 0.05) is 10.8 Å². The van der Waals surface area contributed by atoms with E-state index in [2.05, 4.69) is 0 Å². The van der Waals surface area contributed by atoms with Crippen molar-refractivity contribution in [2.75, 3.05) is 4.43 Å². The van der Waals surface area contributed by atoms with Gasteiger partial charge in [0.25, 0.3) is 0 Å². The summed E-state index contributed by atoms with van der Waals surface area (Å²) in [7, 11) is 0. The second-order valence-electron chi connectivity index (χ2n) is 1.72. The van der Waals surface area contributed by atoms with Gasteiger partial charge >= 0.3 is 12.0 Å². The van der Waals surface area contributed by atoms with Crippen molar-refractivity contribution in [2.24, 2.45) is 0 Å². The van der Waals surface area contributed by atoms with Gasteiger partial charge in [-0.05, 0) is 0 Å². The zero-order chi connectivity index (χ0) is 9.07. The van der Waals surface area contributed by atoms with Crippen LogP contribution >= 0.6 is 22.6 Å². The summed E-state index contributed by atoms with van der Waals surface area (Å²) in [6, 6.07) is 0. The highest BCUT2D eigenvalue weighted by Crippen LogP contribution is 2.32. The summed E-state index contributed by atoms with van der Waals surface area (Å²) in [5.74, 6) is -6.63. The minimum absolute atomic E-state index is 0.0779. The van der Waals surface area contributed by atoms with Gasteiger partial charge in [0.1, 0.15) is 0 Å². The molecular formula is C5H4F5I. The second-order valence-corrected chi connectivity index (χ2v) is 2.80. The van der Waals surface area contributed by atoms with Crippen LogP contribution < -0.4 is 0 Å². The average molecular weight is 286 g/mol. The molecule has 0 aliphatic heterocycles. The van der Waals surface area contributed by atoms with Gasteiger partial charge in [-0.3, -0.25) is 0 Å². The van der Waals surface area contributed by atoms with Gasteiger partial charge in [0.05, 0.1) is 0 Å². The van der Waals surface area contributed by atoms with E-state index in [1.165, 1.54) is 0 Å². The Hall–Kier alpha value is 0.120. The van der Waals surface area contributed by atoms with E-state index in [-0.39, 0.29) is 4.43 Å². The quantitative estimate of drug-likeness (QED) is 0.423. The molecule has 0 rings (SSSR count). The number of hydrogen-bond acceptors (Lipinski definition) is 0. The normalized spacial score (nSPS) is 11.5. The van der Waals surface area contributed by atoms with E-state index in [0.29, 0.717) is 0 Å². The Labute approximate surface area is 73.6 Å². The highest BCUT2D eigenvalue weighted by atomic mass is 127. The van der Waals surface area contributed by atoms with Crippen LogP contribution in [0.5, 0.6) is 0 Å². The van der Waals surface area contributed by atoms with Gasteiger partial charge in [0.15, 0.2) is 0 Å². The molecule has 0 aliphatic rings. The van der Waals surface area contributed by atoms with E-state index in [1.54, 1.807) is 22.6 Å². The number of alkyl halides is 3. The molecule has 11 heavy (non-hydrogen) atoms. The molecule has 0 aromatic carbocycles. The van der Waals surface area contributed by atoms with Crippen molar-refractivity contribution >= 4 is 22.6 Å². The van der Waals surface area contributed by atoms with E-state index in [9.17, 15) is 22.0 Å². The SMILES string of the molecule is FC(F)=C(F)C(F)(F)CCI. The molecule has 0 saturated carbocycles. The highest BCUT2D eigenvalue weighted by Gasteiger charge is 2.37. The minimum atomic E-state index is -4.01. The molecule has 0 bridgehead atoms. The lowest BCUT2D eigenvalue weighted by molar-refractivity contribution is 0.00892. The van der Waals surface area contributed by atoms with Crippen LogP contribution in [0.3, 0.4) is 0 Å². The van der Waals surface area contributed by atoms with Crippen molar-refractivity contribution in [3.63, 3.8) is 0 Å². The summed E-state index contributed by atoms with van der Waals surface area (Å²) >= 11 is 1.56. The first-order valence-corrected chi connectivity index (χ1v) is 4.09. The smallest absolute Gasteiger partial charge is 0.199 e. The zero-order valence-electron chi connectivity index (χ0n) is 5.18. The standard InChI is InChI=1S/C5H4F5I/c6-3(4(7)8)5(9,10)1-2-11/h1-2H2. The van der Waals surface area contributed by atoms with E-state index in [4.69, 9.17) is 0 Å². The lowest BCUT2D eigenvalue weighted by Gasteiger charge is -2.10. The first-order chi connectivity index (χ1) is 4.91. The van der Waals surface area contributed by atoms with Crippen LogP contribution in [0.15, 0.2) is 11.9 Å². The van der Waals surface area contributed by atoms with E-state index < -0.39 is 24.3 Å². The Balaban J connectivity index is 4.42. The Morgan fingerprint density at radius 2 is 1.64 bits per heavy atom. The topological polar surface area (TPSA) is 0 Å². The summed E-state index contributed by atoms with van der Waals surface area (Å²) in [4.78, 5) is 0. The third-order valence-corrected chi connectivity index (χ3v) is 1.43. The summed E-state index contributed by atoms with van der Waals surface area (Å²) in [6.45, 7) is 0. The fraction of sp³-hybridized carbons (Fsp3) is 0.600. The van der Waals surface area contributed by atoms with Crippen molar-refractivity contribution in [3.05, 3.63) is 11.9 Å². The van der Waals surface area contributed by atoms with E-state index >= 15 is 0 Å². The van der Waals surface area contributed by atoms with Crippen LogP contribution in [0.1, 0.15) is 6.42 Å². The molecule has 0 saturated heterocycles. The molecule has 0 aromatic rings. The fourth-order valence-electron chi connectivity index (χ4n) is 0.367. The van der Waals surface area contributed by atoms with Crippen LogP contribution in [-0.2, 0) is 0 Å². The monoisotopic (exact) mass is 286 g/mol. The maximum Gasteiger partial charge on any atom is 0.307 e. The molecule has 6 heteroatoms. The number of rotatable bonds is 3. The van der Waals surface area contributed by atoms with Gasteiger partial charge in [0.2, 0.25) is 5.83 Å². The molecule has 0 radical (unpaired) electrons. The molecule has 0 aromatic heterocycles. The summed E-state index contributed by atoms with van der Waals surface area (Å²) in [5, 5.41) is 0. The van der Waals surface area contributed by atoms with Crippen molar-refractivity contribution < 1.29 is 22.0 Å². The molecule has 0 atom stereocenters. The molecule has 0 unspecified atom stereocenters. The molecule has 66 valence electrons. The second kappa shape index (κ2) is 4.22. The zero-order valence-corrected chi connectivity index (χ0v) is 7.34. The van der Waals surface area contributed by atoms with Gasteiger partial charge in [-0.25, -0.2) is 0 Å². The molecule has 0 spiro atoms. The number of allylic oxidation sites excluding steroid dienone is 1. The van der Waals surface area contributed by atoms with Crippen LogP contribution in [0.2, 0.25) is 0 Å². The van der Waals surface area contributed by atoms with Gasteiger partial charge < -0.3 is 0 Å². The van der Waals surface area contributed by atoms with E-state index in [1.807, 2.05) is 0 Å². The van der Waals surface area contributed by atoms with Gasteiger partial charge in [-0.1, -0.05) is 22.6 Å². The van der Waals surface area contributed by atoms with Crippen LogP contribution in [0.25, 0.3) is 0 Å². The van der Waals surface area contributed by atoms with Crippen molar-refractivity contribution in [2.45, 2.75) is 12.3 Å². The lowest BCUT2D eigenvalue weighted by atomic mass is 10.2. The third kappa shape index (κ3) is 3.35. The number of hydrogen-bond donors (Lipinski definition) is 0. The largest absolute Gasteiger partial charge is 0.307 e. The van der Waals surface area contributed by atoms with Gasteiger partial charge in [-0.15, -0.1) is 0 Å². The fourth-order valence-corrected chi connectivity index (χ4v) is 1.04. The maximum atomic E-state index is 12.2. The van der Waals surface area contributed by atoms with Crippen LogP contribution in [0.4, 0.5) is 22.0 Å². The maximum absolute atomic E-state index is 12.2. The molecule has 0 aliphatic carbocycles. The average Bonchev–Trinajstić information content (AvgIpc) is 1.86. The summed E-state index contributed by atoms with van der Waals surface area (Å²) < 4.78 is 58.6. The first kappa shape index (κ1) is 11.1. The molecule has 0 N–H and O–H groups in total.